The number of carbonyl (C=O) groups excluding carboxylic acids is 1. The van der Waals surface area contributed by atoms with Crippen LogP contribution in [0.5, 0.6) is 0 Å². The van der Waals surface area contributed by atoms with Crippen LogP contribution in [-0.4, -0.2) is 45.4 Å². The van der Waals surface area contributed by atoms with Crippen LogP contribution in [-0.2, 0) is 0 Å². The molecule has 1 aliphatic heterocycles. The summed E-state index contributed by atoms with van der Waals surface area (Å²) in [7, 11) is 0. The van der Waals surface area contributed by atoms with Gasteiger partial charge in [-0.1, -0.05) is 11.3 Å². The van der Waals surface area contributed by atoms with E-state index in [9.17, 15) is 9.90 Å². The molecular formula is C10H16N4O2S. The van der Waals surface area contributed by atoms with Crippen LogP contribution in [0.25, 0.3) is 0 Å². The van der Waals surface area contributed by atoms with E-state index in [-0.39, 0.29) is 12.1 Å². The van der Waals surface area contributed by atoms with Crippen LogP contribution in [0.2, 0.25) is 0 Å². The average Bonchev–Trinajstić information content (AvgIpc) is 2.82. The van der Waals surface area contributed by atoms with Gasteiger partial charge in [-0.3, -0.25) is 5.32 Å². The first-order valence-electron chi connectivity index (χ1n) is 5.67. The van der Waals surface area contributed by atoms with Crippen LogP contribution >= 0.6 is 11.3 Å². The molecule has 17 heavy (non-hydrogen) atoms. The highest BCUT2D eigenvalue weighted by molar-refractivity contribution is 7.13. The summed E-state index contributed by atoms with van der Waals surface area (Å²) in [4.78, 5) is 13.6. The average molecular weight is 256 g/mol. The number of urea groups is 1. The van der Waals surface area contributed by atoms with E-state index in [0.29, 0.717) is 24.1 Å². The normalized spacial score (nSPS) is 19.1. The predicted molar refractivity (Wildman–Crippen MR) is 64.9 cm³/mol. The van der Waals surface area contributed by atoms with E-state index in [1.54, 1.807) is 10.4 Å². The molecule has 0 spiro atoms. The minimum absolute atomic E-state index is 0.134. The van der Waals surface area contributed by atoms with Crippen LogP contribution in [0.4, 0.5) is 9.93 Å². The third kappa shape index (κ3) is 3.13. The molecule has 6 nitrogen and oxygen atoms in total. The van der Waals surface area contributed by atoms with E-state index in [4.69, 9.17) is 0 Å². The van der Waals surface area contributed by atoms with Crippen molar-refractivity contribution in [3.05, 3.63) is 5.51 Å². The van der Waals surface area contributed by atoms with Crippen molar-refractivity contribution in [1.82, 2.24) is 15.1 Å². The van der Waals surface area contributed by atoms with E-state index < -0.39 is 0 Å². The Kier molecular flexibility index (Phi) is 3.90. The molecular weight excluding hydrogens is 240 g/mol. The molecule has 1 aromatic rings. The van der Waals surface area contributed by atoms with Gasteiger partial charge in [0.05, 0.1) is 6.10 Å². The standard InChI is InChI=1S/C10H16N4O2S/c1-7(15)8-2-4-14(5-3-8)10(16)12-9-13-11-6-17-9/h6-8,15H,2-5H2,1H3,(H,12,13,16)/t7-/m1/s1. The molecule has 2 rings (SSSR count). The molecule has 2 N–H and O–H groups in total. The number of amides is 2. The number of likely N-dealkylation sites (tertiary alicyclic amines) is 1. The number of aliphatic hydroxyl groups is 1. The number of rotatable bonds is 2. The molecule has 0 unspecified atom stereocenters. The molecule has 94 valence electrons. The molecule has 7 heteroatoms. The number of carbonyl (C=O) groups is 1. The van der Waals surface area contributed by atoms with Gasteiger partial charge in [0.25, 0.3) is 0 Å². The monoisotopic (exact) mass is 256 g/mol. The molecule has 0 bridgehead atoms. The molecule has 1 aliphatic rings. The number of hydrogen-bond acceptors (Lipinski definition) is 5. The summed E-state index contributed by atoms with van der Waals surface area (Å²) in [6, 6.07) is -0.134. The summed E-state index contributed by atoms with van der Waals surface area (Å²) < 4.78 is 0. The summed E-state index contributed by atoms with van der Waals surface area (Å²) in [5.41, 5.74) is 1.58. The number of aromatic nitrogens is 2. The van der Waals surface area contributed by atoms with Crippen LogP contribution in [0, 0.1) is 5.92 Å². The highest BCUT2D eigenvalue weighted by atomic mass is 32.1. The van der Waals surface area contributed by atoms with Gasteiger partial charge in [0.2, 0.25) is 5.13 Å². The summed E-state index contributed by atoms with van der Waals surface area (Å²) in [6.45, 7) is 3.17. The molecule has 0 aromatic carbocycles. The molecule has 1 aromatic heterocycles. The largest absolute Gasteiger partial charge is 0.393 e. The van der Waals surface area contributed by atoms with Gasteiger partial charge >= 0.3 is 6.03 Å². The maximum absolute atomic E-state index is 11.8. The maximum Gasteiger partial charge on any atom is 0.323 e. The Balaban J connectivity index is 1.82. The van der Waals surface area contributed by atoms with Gasteiger partial charge in [0.15, 0.2) is 0 Å². The summed E-state index contributed by atoms with van der Waals surface area (Å²) in [5.74, 6) is 0.306. The molecule has 1 atom stereocenters. The number of aliphatic hydroxyl groups excluding tert-OH is 1. The Morgan fingerprint density at radius 2 is 2.35 bits per heavy atom. The van der Waals surface area contributed by atoms with Gasteiger partial charge < -0.3 is 10.0 Å². The first-order chi connectivity index (χ1) is 8.16. The van der Waals surface area contributed by atoms with E-state index in [0.717, 1.165) is 12.8 Å². The summed E-state index contributed by atoms with van der Waals surface area (Å²) in [5, 5.41) is 20.1. The van der Waals surface area contributed by atoms with Crippen molar-refractivity contribution in [2.45, 2.75) is 25.9 Å². The van der Waals surface area contributed by atoms with Crippen molar-refractivity contribution in [3.8, 4) is 0 Å². The maximum atomic E-state index is 11.8. The minimum atomic E-state index is -0.289. The summed E-state index contributed by atoms with van der Waals surface area (Å²) >= 11 is 1.30. The second-order valence-electron chi connectivity index (χ2n) is 4.24. The minimum Gasteiger partial charge on any atom is -0.393 e. The van der Waals surface area contributed by atoms with E-state index in [2.05, 4.69) is 15.5 Å². The first kappa shape index (κ1) is 12.3. The Labute approximate surface area is 104 Å². The third-order valence-corrected chi connectivity index (χ3v) is 3.69. The van der Waals surface area contributed by atoms with Gasteiger partial charge in [0.1, 0.15) is 5.51 Å². The molecule has 0 saturated carbocycles. The topological polar surface area (TPSA) is 78.4 Å². The molecule has 0 aliphatic carbocycles. The molecule has 0 radical (unpaired) electrons. The third-order valence-electron chi connectivity index (χ3n) is 3.08. The quantitative estimate of drug-likeness (QED) is 0.832. The number of hydrogen-bond donors (Lipinski definition) is 2. The highest BCUT2D eigenvalue weighted by Gasteiger charge is 2.25. The lowest BCUT2D eigenvalue weighted by Crippen LogP contribution is -2.42. The predicted octanol–water partition coefficient (Wildman–Crippen LogP) is 1.16. The number of nitrogens with zero attached hydrogens (tertiary/aromatic N) is 3. The Morgan fingerprint density at radius 3 is 2.88 bits per heavy atom. The van der Waals surface area contributed by atoms with Crippen molar-refractivity contribution in [1.29, 1.82) is 0 Å². The molecule has 1 fully saturated rings. The van der Waals surface area contributed by atoms with Crippen molar-refractivity contribution in [2.75, 3.05) is 18.4 Å². The van der Waals surface area contributed by atoms with Crippen molar-refractivity contribution >= 4 is 22.5 Å². The fraction of sp³-hybridized carbons (Fsp3) is 0.700. The van der Waals surface area contributed by atoms with E-state index >= 15 is 0 Å². The fourth-order valence-electron chi connectivity index (χ4n) is 1.98. The van der Waals surface area contributed by atoms with E-state index in [1.165, 1.54) is 11.3 Å². The van der Waals surface area contributed by atoms with Crippen molar-refractivity contribution in [2.24, 2.45) is 5.92 Å². The lowest BCUT2D eigenvalue weighted by Gasteiger charge is -2.32. The van der Waals surface area contributed by atoms with Crippen molar-refractivity contribution in [3.63, 3.8) is 0 Å². The van der Waals surface area contributed by atoms with Crippen LogP contribution in [0.3, 0.4) is 0 Å². The van der Waals surface area contributed by atoms with Crippen molar-refractivity contribution < 1.29 is 9.90 Å². The van der Waals surface area contributed by atoms with Crippen LogP contribution < -0.4 is 5.32 Å². The zero-order valence-electron chi connectivity index (χ0n) is 9.67. The van der Waals surface area contributed by atoms with E-state index in [1.807, 2.05) is 6.92 Å². The number of piperidine rings is 1. The molecule has 2 heterocycles. The molecule has 2 amide bonds. The Hall–Kier alpha value is -1.21. The zero-order valence-corrected chi connectivity index (χ0v) is 10.5. The first-order valence-corrected chi connectivity index (χ1v) is 6.55. The second-order valence-corrected chi connectivity index (χ2v) is 5.07. The van der Waals surface area contributed by atoms with Gasteiger partial charge in [-0.05, 0) is 25.7 Å². The second kappa shape index (κ2) is 5.42. The Morgan fingerprint density at radius 1 is 1.65 bits per heavy atom. The van der Waals surface area contributed by atoms with Gasteiger partial charge in [0, 0.05) is 13.1 Å². The zero-order chi connectivity index (χ0) is 12.3. The summed E-state index contributed by atoms with van der Waals surface area (Å²) in [6.07, 6.45) is 1.41. The lowest BCUT2D eigenvalue weighted by molar-refractivity contribution is 0.0820. The molecule has 1 saturated heterocycles. The fourth-order valence-corrected chi connectivity index (χ4v) is 2.42. The van der Waals surface area contributed by atoms with Gasteiger partial charge in [-0.15, -0.1) is 10.2 Å². The lowest BCUT2D eigenvalue weighted by atomic mass is 9.92. The van der Waals surface area contributed by atoms with Gasteiger partial charge in [-0.2, -0.15) is 0 Å². The highest BCUT2D eigenvalue weighted by Crippen LogP contribution is 2.21. The van der Waals surface area contributed by atoms with Crippen LogP contribution in [0.15, 0.2) is 5.51 Å². The van der Waals surface area contributed by atoms with Gasteiger partial charge in [-0.25, -0.2) is 4.79 Å². The smallest absolute Gasteiger partial charge is 0.323 e. The van der Waals surface area contributed by atoms with Crippen LogP contribution in [0.1, 0.15) is 19.8 Å². The number of nitrogens with one attached hydrogen (secondary N) is 1. The SMILES string of the molecule is C[C@@H](O)C1CCN(C(=O)Nc2nncs2)CC1. The Bertz CT molecular complexity index is 360. The number of anilines is 1.